The summed E-state index contributed by atoms with van der Waals surface area (Å²) < 4.78 is 26.5. The summed E-state index contributed by atoms with van der Waals surface area (Å²) in [6.07, 6.45) is 0. The van der Waals surface area contributed by atoms with Crippen molar-refractivity contribution in [2.24, 2.45) is 0 Å². The molecule has 1 aliphatic rings. The summed E-state index contributed by atoms with van der Waals surface area (Å²) in [7, 11) is -3.46. The van der Waals surface area contributed by atoms with Gasteiger partial charge < -0.3 is 4.90 Å². The first kappa shape index (κ1) is 19.0. The summed E-state index contributed by atoms with van der Waals surface area (Å²) >= 11 is 0. The molecule has 8 nitrogen and oxygen atoms in total. The van der Waals surface area contributed by atoms with Crippen LogP contribution in [0.25, 0.3) is 0 Å². The number of nitro groups is 1. The van der Waals surface area contributed by atoms with Gasteiger partial charge in [-0.3, -0.25) is 14.9 Å². The fourth-order valence-corrected chi connectivity index (χ4v) is 4.50. The Morgan fingerprint density at radius 2 is 1.67 bits per heavy atom. The zero-order chi connectivity index (χ0) is 19.4. The average molecular weight is 389 g/mol. The third-order valence-electron chi connectivity index (χ3n) is 4.42. The zero-order valence-corrected chi connectivity index (χ0v) is 15.3. The number of amides is 1. The topological polar surface area (TPSA) is 101 Å². The largest absolute Gasteiger partial charge is 0.336 e. The molecule has 1 fully saturated rings. The number of benzene rings is 2. The monoisotopic (exact) mass is 389 g/mol. The molecule has 1 saturated heterocycles. The predicted octanol–water partition coefficient (Wildman–Crippen LogP) is 1.88. The van der Waals surface area contributed by atoms with Crippen molar-refractivity contribution in [3.63, 3.8) is 0 Å². The maximum atomic E-state index is 12.6. The Morgan fingerprint density at radius 1 is 1.00 bits per heavy atom. The molecule has 0 bridgehead atoms. The Labute approximate surface area is 157 Å². The molecule has 3 rings (SSSR count). The second kappa shape index (κ2) is 7.85. The molecule has 1 amide bonds. The van der Waals surface area contributed by atoms with E-state index in [0.29, 0.717) is 5.56 Å². The lowest BCUT2D eigenvalue weighted by Crippen LogP contribution is -2.50. The van der Waals surface area contributed by atoms with E-state index < -0.39 is 14.9 Å². The summed E-state index contributed by atoms with van der Waals surface area (Å²) in [5.74, 6) is -0.411. The van der Waals surface area contributed by atoms with E-state index in [0.717, 1.165) is 0 Å². The molecular formula is C18H19N3O5S. The second-order valence-electron chi connectivity index (χ2n) is 6.24. The van der Waals surface area contributed by atoms with Gasteiger partial charge >= 0.3 is 0 Å². The first-order valence-electron chi connectivity index (χ1n) is 8.42. The van der Waals surface area contributed by atoms with E-state index in [1.165, 1.54) is 33.5 Å². The van der Waals surface area contributed by atoms with Gasteiger partial charge in [0.2, 0.25) is 10.0 Å². The van der Waals surface area contributed by atoms with Crippen LogP contribution in [0, 0.1) is 10.1 Å². The number of rotatable bonds is 5. The van der Waals surface area contributed by atoms with Gasteiger partial charge in [-0.25, -0.2) is 8.42 Å². The minimum absolute atomic E-state index is 0.0767. The molecule has 2 aromatic rings. The summed E-state index contributed by atoms with van der Waals surface area (Å²) in [5.41, 5.74) is 0.794. The van der Waals surface area contributed by atoms with Crippen molar-refractivity contribution >= 4 is 21.6 Å². The zero-order valence-electron chi connectivity index (χ0n) is 14.5. The van der Waals surface area contributed by atoms with Gasteiger partial charge in [-0.2, -0.15) is 4.31 Å². The summed E-state index contributed by atoms with van der Waals surface area (Å²) in [5, 5.41) is 10.9. The number of piperazine rings is 1. The van der Waals surface area contributed by atoms with Crippen LogP contribution in [0.2, 0.25) is 0 Å². The van der Waals surface area contributed by atoms with Crippen LogP contribution in [0.4, 0.5) is 5.69 Å². The quantitative estimate of drug-likeness (QED) is 0.574. The molecule has 27 heavy (non-hydrogen) atoms. The Kier molecular flexibility index (Phi) is 5.52. The first-order valence-corrected chi connectivity index (χ1v) is 10.0. The van der Waals surface area contributed by atoms with Crippen LogP contribution >= 0.6 is 0 Å². The van der Waals surface area contributed by atoms with Gasteiger partial charge in [0.1, 0.15) is 0 Å². The molecule has 0 spiro atoms. The molecule has 2 aromatic carbocycles. The number of hydrogen-bond donors (Lipinski definition) is 0. The summed E-state index contributed by atoms with van der Waals surface area (Å²) in [6.45, 7) is 0.900. The minimum Gasteiger partial charge on any atom is -0.336 e. The molecule has 9 heteroatoms. The van der Waals surface area contributed by atoms with Crippen LogP contribution in [-0.2, 0) is 15.8 Å². The molecule has 0 atom stereocenters. The second-order valence-corrected chi connectivity index (χ2v) is 8.21. The molecule has 1 heterocycles. The summed E-state index contributed by atoms with van der Waals surface area (Å²) in [4.78, 5) is 24.4. The highest BCUT2D eigenvalue weighted by atomic mass is 32.2. The lowest BCUT2D eigenvalue weighted by Gasteiger charge is -2.34. The number of carbonyl (C=O) groups is 1. The third-order valence-corrected chi connectivity index (χ3v) is 6.27. The number of carbonyl (C=O) groups excluding carboxylic acids is 1. The van der Waals surface area contributed by atoms with E-state index >= 15 is 0 Å². The van der Waals surface area contributed by atoms with Gasteiger partial charge in [0.15, 0.2) is 0 Å². The van der Waals surface area contributed by atoms with Crippen LogP contribution in [0.1, 0.15) is 15.9 Å². The Balaban J connectivity index is 1.64. The van der Waals surface area contributed by atoms with Crippen LogP contribution < -0.4 is 0 Å². The van der Waals surface area contributed by atoms with Crippen LogP contribution in [0.3, 0.4) is 0 Å². The Bertz CT molecular complexity index is 938. The smallest absolute Gasteiger partial charge is 0.270 e. The SMILES string of the molecule is O=C(c1cccc([N+](=O)[O-])c1)N1CCN(S(=O)(=O)Cc2ccccc2)CC1. The van der Waals surface area contributed by atoms with E-state index in [1.807, 2.05) is 6.07 Å². The maximum Gasteiger partial charge on any atom is 0.270 e. The highest BCUT2D eigenvalue weighted by Gasteiger charge is 2.29. The van der Waals surface area contributed by atoms with Crippen LogP contribution in [0.15, 0.2) is 54.6 Å². The van der Waals surface area contributed by atoms with E-state index in [1.54, 1.807) is 24.3 Å². The highest BCUT2D eigenvalue weighted by Crippen LogP contribution is 2.18. The normalized spacial score (nSPS) is 15.5. The maximum absolute atomic E-state index is 12.6. The molecule has 0 saturated carbocycles. The van der Waals surface area contributed by atoms with Crippen molar-refractivity contribution in [1.82, 2.24) is 9.21 Å². The highest BCUT2D eigenvalue weighted by molar-refractivity contribution is 7.88. The molecule has 0 radical (unpaired) electrons. The average Bonchev–Trinajstić information content (AvgIpc) is 2.68. The molecule has 1 aliphatic heterocycles. The molecule has 0 aromatic heterocycles. The van der Waals surface area contributed by atoms with E-state index in [4.69, 9.17) is 0 Å². The molecular weight excluding hydrogens is 370 g/mol. The Morgan fingerprint density at radius 3 is 2.30 bits per heavy atom. The lowest BCUT2D eigenvalue weighted by atomic mass is 10.1. The van der Waals surface area contributed by atoms with Gasteiger partial charge in [0, 0.05) is 43.9 Å². The van der Waals surface area contributed by atoms with E-state index in [9.17, 15) is 23.3 Å². The number of non-ortho nitro benzene ring substituents is 1. The molecule has 142 valence electrons. The van der Waals surface area contributed by atoms with Gasteiger partial charge in [0.05, 0.1) is 10.7 Å². The summed E-state index contributed by atoms with van der Waals surface area (Å²) in [6, 6.07) is 14.5. The van der Waals surface area contributed by atoms with Crippen LogP contribution in [-0.4, -0.2) is 54.6 Å². The minimum atomic E-state index is -3.46. The van der Waals surface area contributed by atoms with Crippen molar-refractivity contribution in [1.29, 1.82) is 0 Å². The van der Waals surface area contributed by atoms with Crippen molar-refractivity contribution in [3.8, 4) is 0 Å². The third kappa shape index (κ3) is 4.50. The number of sulfonamides is 1. The predicted molar refractivity (Wildman–Crippen MR) is 99.6 cm³/mol. The fraction of sp³-hybridized carbons (Fsp3) is 0.278. The van der Waals surface area contributed by atoms with Gasteiger partial charge in [0.25, 0.3) is 11.6 Å². The van der Waals surface area contributed by atoms with Gasteiger partial charge in [-0.15, -0.1) is 0 Å². The van der Waals surface area contributed by atoms with E-state index in [2.05, 4.69) is 0 Å². The fourth-order valence-electron chi connectivity index (χ4n) is 2.98. The van der Waals surface area contributed by atoms with Crippen LogP contribution in [0.5, 0.6) is 0 Å². The Hall–Kier alpha value is -2.78. The number of hydrogen-bond acceptors (Lipinski definition) is 5. The van der Waals surface area contributed by atoms with Crippen molar-refractivity contribution < 1.29 is 18.1 Å². The van der Waals surface area contributed by atoms with Crippen molar-refractivity contribution in [3.05, 3.63) is 75.8 Å². The van der Waals surface area contributed by atoms with Crippen molar-refractivity contribution in [2.75, 3.05) is 26.2 Å². The number of nitro benzene ring substituents is 1. The standard InChI is InChI=1S/C18H19N3O5S/c22-18(16-7-4-8-17(13-16)21(23)24)19-9-11-20(12-10-19)27(25,26)14-15-5-2-1-3-6-15/h1-8,13H,9-12,14H2. The molecule has 0 aliphatic carbocycles. The first-order chi connectivity index (χ1) is 12.9. The molecule has 0 N–H and O–H groups in total. The lowest BCUT2D eigenvalue weighted by molar-refractivity contribution is -0.384. The van der Waals surface area contributed by atoms with Crippen molar-refractivity contribution in [2.45, 2.75) is 5.75 Å². The van der Waals surface area contributed by atoms with Gasteiger partial charge in [-0.05, 0) is 11.6 Å². The van der Waals surface area contributed by atoms with Gasteiger partial charge in [-0.1, -0.05) is 36.4 Å². The van der Waals surface area contributed by atoms with E-state index in [-0.39, 0.29) is 49.1 Å². The molecule has 0 unspecified atom stereocenters. The number of nitrogens with zero attached hydrogens (tertiary/aromatic N) is 3.